The van der Waals surface area contributed by atoms with Crippen molar-refractivity contribution in [3.8, 4) is 17.2 Å². The van der Waals surface area contributed by atoms with Gasteiger partial charge in [-0.25, -0.2) is 4.98 Å². The molecule has 1 fully saturated rings. The molecule has 0 bridgehead atoms. The number of imidazole rings is 1. The second kappa shape index (κ2) is 12.0. The Bertz CT molecular complexity index is 1360. The number of nitrogens with zero attached hydrogens (tertiary/aromatic N) is 3. The number of piperidine rings is 1. The van der Waals surface area contributed by atoms with Crippen LogP contribution in [0.3, 0.4) is 0 Å². The number of carbonyl (C=O) groups is 1. The Kier molecular flexibility index (Phi) is 8.12. The van der Waals surface area contributed by atoms with Crippen molar-refractivity contribution in [2.75, 3.05) is 26.3 Å². The van der Waals surface area contributed by atoms with Gasteiger partial charge in [-0.2, -0.15) is 0 Å². The number of aromatic nitrogens is 2. The standard InChI is InChI=1S/C31H35N3O4/c1-3-36-28-15-14-24(20-29(28)37-4-2)31(35)33-18-16-23(17-19-33)21-34-27-13-9-8-12-26(27)32-30(34)22-38-25-10-6-5-7-11-25/h5-15,20,23H,3-4,16-19,21-22H2,1-2H3. The molecule has 3 aromatic carbocycles. The minimum absolute atomic E-state index is 0.0393. The van der Waals surface area contributed by atoms with Gasteiger partial charge in [0.15, 0.2) is 11.5 Å². The summed E-state index contributed by atoms with van der Waals surface area (Å²) in [5, 5.41) is 0. The molecule has 7 nitrogen and oxygen atoms in total. The molecule has 1 aliphatic rings. The third-order valence-corrected chi connectivity index (χ3v) is 6.98. The Morgan fingerprint density at radius 1 is 0.868 bits per heavy atom. The maximum absolute atomic E-state index is 13.3. The third-order valence-electron chi connectivity index (χ3n) is 6.98. The molecule has 1 aromatic heterocycles. The molecule has 4 aromatic rings. The summed E-state index contributed by atoms with van der Waals surface area (Å²) in [7, 11) is 0. The first-order chi connectivity index (χ1) is 18.7. The van der Waals surface area contributed by atoms with Crippen molar-refractivity contribution >= 4 is 16.9 Å². The highest BCUT2D eigenvalue weighted by atomic mass is 16.5. The Morgan fingerprint density at radius 3 is 2.34 bits per heavy atom. The maximum atomic E-state index is 13.3. The monoisotopic (exact) mass is 513 g/mol. The van der Waals surface area contributed by atoms with Crippen LogP contribution in [0, 0.1) is 5.92 Å². The van der Waals surface area contributed by atoms with Gasteiger partial charge in [0.25, 0.3) is 5.91 Å². The normalized spacial score (nSPS) is 14.0. The van der Waals surface area contributed by atoms with Crippen LogP contribution in [0.25, 0.3) is 11.0 Å². The lowest BCUT2D eigenvalue weighted by Gasteiger charge is -2.32. The van der Waals surface area contributed by atoms with Crippen molar-refractivity contribution in [1.29, 1.82) is 0 Å². The van der Waals surface area contributed by atoms with E-state index in [0.717, 1.165) is 55.1 Å². The quantitative estimate of drug-likeness (QED) is 0.262. The molecule has 0 unspecified atom stereocenters. The van der Waals surface area contributed by atoms with Gasteiger partial charge in [-0.15, -0.1) is 0 Å². The molecule has 1 aliphatic heterocycles. The zero-order valence-corrected chi connectivity index (χ0v) is 22.1. The summed E-state index contributed by atoms with van der Waals surface area (Å²) in [6, 6.07) is 23.5. The van der Waals surface area contributed by atoms with Crippen molar-refractivity contribution < 1.29 is 19.0 Å². The van der Waals surface area contributed by atoms with Crippen molar-refractivity contribution in [2.45, 2.75) is 39.8 Å². The van der Waals surface area contributed by atoms with Gasteiger partial charge in [0.2, 0.25) is 0 Å². The van der Waals surface area contributed by atoms with Crippen molar-refractivity contribution in [3.05, 3.63) is 84.2 Å². The highest BCUT2D eigenvalue weighted by Crippen LogP contribution is 2.30. The minimum atomic E-state index is 0.0393. The van der Waals surface area contributed by atoms with Gasteiger partial charge >= 0.3 is 0 Å². The zero-order chi connectivity index (χ0) is 26.3. The van der Waals surface area contributed by atoms with Crippen LogP contribution in [0.2, 0.25) is 0 Å². The molecule has 0 saturated carbocycles. The van der Waals surface area contributed by atoms with E-state index in [9.17, 15) is 4.79 Å². The molecule has 0 radical (unpaired) electrons. The molecule has 0 N–H and O–H groups in total. The molecule has 2 heterocycles. The van der Waals surface area contributed by atoms with E-state index < -0.39 is 0 Å². The van der Waals surface area contributed by atoms with Crippen LogP contribution < -0.4 is 14.2 Å². The van der Waals surface area contributed by atoms with Gasteiger partial charge in [0.05, 0.1) is 24.2 Å². The van der Waals surface area contributed by atoms with E-state index in [4.69, 9.17) is 19.2 Å². The molecule has 0 spiro atoms. The summed E-state index contributed by atoms with van der Waals surface area (Å²) in [6.45, 7) is 7.65. The molecule has 5 rings (SSSR count). The van der Waals surface area contributed by atoms with E-state index in [0.29, 0.717) is 42.8 Å². The molecule has 198 valence electrons. The molecule has 1 saturated heterocycles. The lowest BCUT2D eigenvalue weighted by Crippen LogP contribution is -2.39. The van der Waals surface area contributed by atoms with Crippen molar-refractivity contribution in [3.63, 3.8) is 0 Å². The summed E-state index contributed by atoms with van der Waals surface area (Å²) >= 11 is 0. The van der Waals surface area contributed by atoms with E-state index in [1.165, 1.54) is 0 Å². The number of likely N-dealkylation sites (tertiary alicyclic amines) is 1. The predicted molar refractivity (Wildman–Crippen MR) is 148 cm³/mol. The molecular formula is C31H35N3O4. The first-order valence-corrected chi connectivity index (χ1v) is 13.5. The fourth-order valence-corrected chi connectivity index (χ4v) is 5.05. The first-order valence-electron chi connectivity index (χ1n) is 13.5. The second-order valence-electron chi connectivity index (χ2n) is 9.49. The summed E-state index contributed by atoms with van der Waals surface area (Å²) in [5.74, 6) is 3.53. The van der Waals surface area contributed by atoms with Crippen molar-refractivity contribution in [2.24, 2.45) is 5.92 Å². The summed E-state index contributed by atoms with van der Waals surface area (Å²) in [6.07, 6.45) is 1.87. The minimum Gasteiger partial charge on any atom is -0.490 e. The third kappa shape index (κ3) is 5.77. The van der Waals surface area contributed by atoms with Gasteiger partial charge in [-0.3, -0.25) is 4.79 Å². The molecule has 0 aliphatic carbocycles. The SMILES string of the molecule is CCOc1ccc(C(=O)N2CCC(Cn3c(COc4ccccc4)nc4ccccc43)CC2)cc1OCC. The van der Waals surface area contributed by atoms with E-state index in [1.807, 2.05) is 73.3 Å². The molecule has 7 heteroatoms. The summed E-state index contributed by atoms with van der Waals surface area (Å²) < 4.78 is 19.7. The maximum Gasteiger partial charge on any atom is 0.253 e. The molecule has 0 atom stereocenters. The van der Waals surface area contributed by atoms with E-state index in [1.54, 1.807) is 6.07 Å². The number of ether oxygens (including phenoxy) is 3. The number of benzene rings is 3. The number of rotatable bonds is 10. The highest BCUT2D eigenvalue weighted by molar-refractivity contribution is 5.95. The van der Waals surface area contributed by atoms with Crippen LogP contribution in [0.1, 0.15) is 42.9 Å². The summed E-state index contributed by atoms with van der Waals surface area (Å²) in [4.78, 5) is 20.1. The predicted octanol–water partition coefficient (Wildman–Crippen LogP) is 5.97. The van der Waals surface area contributed by atoms with Crippen LogP contribution in [0.4, 0.5) is 0 Å². The fraction of sp³-hybridized carbons (Fsp3) is 0.355. The molecule has 1 amide bonds. The van der Waals surface area contributed by atoms with Gasteiger partial charge < -0.3 is 23.7 Å². The average molecular weight is 514 g/mol. The molecular weight excluding hydrogens is 478 g/mol. The summed E-state index contributed by atoms with van der Waals surface area (Å²) in [5.41, 5.74) is 2.74. The highest BCUT2D eigenvalue weighted by Gasteiger charge is 2.26. The lowest BCUT2D eigenvalue weighted by molar-refractivity contribution is 0.0682. The number of carbonyl (C=O) groups excluding carboxylic acids is 1. The number of amides is 1. The Hall–Kier alpha value is -4.00. The zero-order valence-electron chi connectivity index (χ0n) is 22.1. The largest absolute Gasteiger partial charge is 0.490 e. The van der Waals surface area contributed by atoms with E-state index in [2.05, 4.69) is 16.7 Å². The van der Waals surface area contributed by atoms with Crippen LogP contribution in [-0.4, -0.2) is 46.7 Å². The van der Waals surface area contributed by atoms with Crippen LogP contribution >= 0.6 is 0 Å². The van der Waals surface area contributed by atoms with Gasteiger partial charge in [-0.05, 0) is 75.1 Å². The van der Waals surface area contributed by atoms with Crippen LogP contribution in [0.5, 0.6) is 17.2 Å². The van der Waals surface area contributed by atoms with E-state index >= 15 is 0 Å². The first kappa shape index (κ1) is 25.6. The van der Waals surface area contributed by atoms with Crippen LogP contribution in [0.15, 0.2) is 72.8 Å². The average Bonchev–Trinajstić information content (AvgIpc) is 3.31. The molecule has 38 heavy (non-hydrogen) atoms. The second-order valence-corrected chi connectivity index (χ2v) is 9.49. The van der Waals surface area contributed by atoms with E-state index in [-0.39, 0.29) is 5.91 Å². The lowest BCUT2D eigenvalue weighted by atomic mass is 9.96. The topological polar surface area (TPSA) is 65.8 Å². The van der Waals surface area contributed by atoms with Crippen LogP contribution in [-0.2, 0) is 13.2 Å². The van der Waals surface area contributed by atoms with Gasteiger partial charge in [-0.1, -0.05) is 30.3 Å². The Labute approximate surface area is 224 Å². The number of fused-ring (bicyclic) bond motifs is 1. The smallest absolute Gasteiger partial charge is 0.253 e. The number of hydrogen-bond acceptors (Lipinski definition) is 5. The Morgan fingerprint density at radius 2 is 1.58 bits per heavy atom. The number of hydrogen-bond donors (Lipinski definition) is 0. The van der Waals surface area contributed by atoms with Gasteiger partial charge in [0, 0.05) is 25.2 Å². The van der Waals surface area contributed by atoms with Crippen molar-refractivity contribution in [1.82, 2.24) is 14.5 Å². The van der Waals surface area contributed by atoms with Gasteiger partial charge in [0.1, 0.15) is 18.2 Å². The Balaban J connectivity index is 1.25. The fourth-order valence-electron chi connectivity index (χ4n) is 5.05. The number of para-hydroxylation sites is 3.